The summed E-state index contributed by atoms with van der Waals surface area (Å²) in [6.07, 6.45) is 0. The SMILES string of the molecule is Cc1cc(CNS(=O)(=O)c2nnc(N)s2)sc1C. The van der Waals surface area contributed by atoms with E-state index in [2.05, 4.69) is 14.9 Å². The van der Waals surface area contributed by atoms with E-state index >= 15 is 0 Å². The molecule has 9 heteroatoms. The first-order chi connectivity index (χ1) is 8.38. The fraction of sp³-hybridized carbons (Fsp3) is 0.333. The number of hydrogen-bond acceptors (Lipinski definition) is 7. The summed E-state index contributed by atoms with van der Waals surface area (Å²) in [5.41, 5.74) is 6.52. The van der Waals surface area contributed by atoms with Gasteiger partial charge in [-0.1, -0.05) is 11.3 Å². The third kappa shape index (κ3) is 2.86. The number of aromatic nitrogens is 2. The summed E-state index contributed by atoms with van der Waals surface area (Å²) in [6.45, 7) is 4.25. The molecule has 0 amide bonds. The molecule has 0 aromatic carbocycles. The molecule has 0 saturated heterocycles. The molecule has 0 atom stereocenters. The second-order valence-electron chi connectivity index (χ2n) is 3.68. The fourth-order valence-electron chi connectivity index (χ4n) is 1.29. The Hall–Kier alpha value is -1.03. The molecule has 0 radical (unpaired) electrons. The van der Waals surface area contributed by atoms with E-state index in [-0.39, 0.29) is 16.0 Å². The van der Waals surface area contributed by atoms with Crippen molar-refractivity contribution in [3.8, 4) is 0 Å². The molecule has 0 saturated carbocycles. The number of rotatable bonds is 4. The largest absolute Gasteiger partial charge is 0.374 e. The molecule has 98 valence electrons. The van der Waals surface area contributed by atoms with Crippen molar-refractivity contribution in [2.24, 2.45) is 0 Å². The first-order valence-electron chi connectivity index (χ1n) is 5.03. The summed E-state index contributed by atoms with van der Waals surface area (Å²) < 4.78 is 26.1. The third-order valence-electron chi connectivity index (χ3n) is 2.31. The van der Waals surface area contributed by atoms with Gasteiger partial charge in [0.15, 0.2) is 0 Å². The van der Waals surface area contributed by atoms with Crippen LogP contribution in [0.15, 0.2) is 10.4 Å². The van der Waals surface area contributed by atoms with Crippen LogP contribution in [0.5, 0.6) is 0 Å². The van der Waals surface area contributed by atoms with E-state index in [4.69, 9.17) is 5.73 Å². The van der Waals surface area contributed by atoms with E-state index in [0.29, 0.717) is 0 Å². The molecule has 0 spiro atoms. The Bertz CT molecular complexity index is 640. The Morgan fingerprint density at radius 2 is 2.06 bits per heavy atom. The van der Waals surface area contributed by atoms with Crippen LogP contribution in [-0.2, 0) is 16.6 Å². The van der Waals surface area contributed by atoms with Gasteiger partial charge < -0.3 is 5.73 Å². The minimum Gasteiger partial charge on any atom is -0.374 e. The second kappa shape index (κ2) is 4.92. The summed E-state index contributed by atoms with van der Waals surface area (Å²) in [4.78, 5) is 2.15. The van der Waals surface area contributed by atoms with E-state index in [9.17, 15) is 8.42 Å². The number of nitrogens with one attached hydrogen (secondary N) is 1. The van der Waals surface area contributed by atoms with Crippen molar-refractivity contribution < 1.29 is 8.42 Å². The van der Waals surface area contributed by atoms with Crippen molar-refractivity contribution in [3.63, 3.8) is 0 Å². The molecule has 2 aromatic rings. The van der Waals surface area contributed by atoms with E-state index in [0.717, 1.165) is 21.8 Å². The van der Waals surface area contributed by atoms with Crippen LogP contribution in [0.3, 0.4) is 0 Å². The van der Waals surface area contributed by atoms with Crippen LogP contribution in [0.25, 0.3) is 0 Å². The molecular formula is C9H12N4O2S3. The van der Waals surface area contributed by atoms with Crippen molar-refractivity contribution >= 4 is 37.8 Å². The molecule has 6 nitrogen and oxygen atoms in total. The first kappa shape index (κ1) is 13.4. The highest BCUT2D eigenvalue weighted by atomic mass is 32.2. The van der Waals surface area contributed by atoms with Crippen molar-refractivity contribution in [1.82, 2.24) is 14.9 Å². The minimum atomic E-state index is -3.62. The number of nitrogen functional groups attached to an aromatic ring is 1. The molecule has 18 heavy (non-hydrogen) atoms. The Kier molecular flexibility index (Phi) is 3.66. The normalized spacial score (nSPS) is 11.9. The standard InChI is InChI=1S/C9H12N4O2S3/c1-5-3-7(16-6(5)2)4-11-18(14,15)9-13-12-8(10)17-9/h3,11H,4H2,1-2H3,(H2,10,12). The molecule has 0 aliphatic rings. The second-order valence-corrected chi connectivity index (χ2v) is 7.97. The van der Waals surface area contributed by atoms with Gasteiger partial charge in [-0.3, -0.25) is 0 Å². The van der Waals surface area contributed by atoms with Crippen LogP contribution < -0.4 is 10.5 Å². The van der Waals surface area contributed by atoms with Gasteiger partial charge in [-0.15, -0.1) is 21.5 Å². The predicted molar refractivity (Wildman–Crippen MR) is 72.1 cm³/mol. The van der Waals surface area contributed by atoms with Gasteiger partial charge in [0.05, 0.1) is 0 Å². The molecule has 0 bridgehead atoms. The molecule has 0 aliphatic carbocycles. The molecule has 2 aromatic heterocycles. The third-order valence-corrected chi connectivity index (χ3v) is 5.98. The molecular weight excluding hydrogens is 292 g/mol. The highest BCUT2D eigenvalue weighted by molar-refractivity contribution is 7.91. The topological polar surface area (TPSA) is 98.0 Å². The molecule has 0 fully saturated rings. The number of thiophene rings is 1. The zero-order chi connectivity index (χ0) is 13.3. The molecule has 2 heterocycles. The number of anilines is 1. The maximum absolute atomic E-state index is 11.9. The molecule has 2 rings (SSSR count). The maximum atomic E-state index is 11.9. The Morgan fingerprint density at radius 3 is 2.56 bits per heavy atom. The summed E-state index contributed by atoms with van der Waals surface area (Å²) in [5, 5.41) is 7.14. The van der Waals surface area contributed by atoms with E-state index in [1.165, 1.54) is 4.88 Å². The zero-order valence-electron chi connectivity index (χ0n) is 9.80. The van der Waals surface area contributed by atoms with Gasteiger partial charge in [-0.25, -0.2) is 13.1 Å². The van der Waals surface area contributed by atoms with E-state index in [1.54, 1.807) is 11.3 Å². The zero-order valence-corrected chi connectivity index (χ0v) is 12.2. The smallest absolute Gasteiger partial charge is 0.270 e. The predicted octanol–water partition coefficient (Wildman–Crippen LogP) is 1.28. The number of hydrogen-bond donors (Lipinski definition) is 2. The average molecular weight is 304 g/mol. The van der Waals surface area contributed by atoms with Crippen LogP contribution in [0.1, 0.15) is 15.3 Å². The first-order valence-corrected chi connectivity index (χ1v) is 8.14. The quantitative estimate of drug-likeness (QED) is 0.886. The summed E-state index contributed by atoms with van der Waals surface area (Å²) >= 11 is 2.42. The highest BCUT2D eigenvalue weighted by Gasteiger charge is 2.19. The lowest BCUT2D eigenvalue weighted by atomic mass is 10.3. The molecule has 0 unspecified atom stereocenters. The Labute approximate surface area is 113 Å². The van der Waals surface area contributed by atoms with E-state index < -0.39 is 10.0 Å². The highest BCUT2D eigenvalue weighted by Crippen LogP contribution is 2.21. The number of sulfonamides is 1. The van der Waals surface area contributed by atoms with Gasteiger partial charge in [0.2, 0.25) is 9.47 Å². The van der Waals surface area contributed by atoms with Crippen LogP contribution in [0.2, 0.25) is 0 Å². The van der Waals surface area contributed by atoms with Gasteiger partial charge in [0.25, 0.3) is 10.0 Å². The minimum absolute atomic E-state index is 0.106. The van der Waals surface area contributed by atoms with Gasteiger partial charge in [-0.05, 0) is 25.5 Å². The average Bonchev–Trinajstić information content (AvgIpc) is 2.85. The van der Waals surface area contributed by atoms with Gasteiger partial charge in [0, 0.05) is 16.3 Å². The van der Waals surface area contributed by atoms with Gasteiger partial charge in [-0.2, -0.15) is 0 Å². The van der Waals surface area contributed by atoms with E-state index in [1.807, 2.05) is 19.9 Å². The lowest BCUT2D eigenvalue weighted by molar-refractivity contribution is 0.580. The van der Waals surface area contributed by atoms with Crippen molar-refractivity contribution in [2.45, 2.75) is 24.7 Å². The lowest BCUT2D eigenvalue weighted by Gasteiger charge is -2.00. The Morgan fingerprint density at radius 1 is 1.33 bits per heavy atom. The fourth-order valence-corrected chi connectivity index (χ4v) is 4.21. The molecule has 0 aliphatic heterocycles. The summed E-state index contributed by atoms with van der Waals surface area (Å²) in [7, 11) is -3.62. The van der Waals surface area contributed by atoms with Gasteiger partial charge in [0.1, 0.15) is 0 Å². The molecule has 3 N–H and O–H groups in total. The number of aryl methyl sites for hydroxylation is 2. The summed E-state index contributed by atoms with van der Waals surface area (Å²) in [6, 6.07) is 1.97. The lowest BCUT2D eigenvalue weighted by Crippen LogP contribution is -2.22. The van der Waals surface area contributed by atoms with Gasteiger partial charge >= 0.3 is 0 Å². The number of nitrogens with two attached hydrogens (primary N) is 1. The van der Waals surface area contributed by atoms with Crippen LogP contribution in [-0.4, -0.2) is 18.6 Å². The van der Waals surface area contributed by atoms with Crippen LogP contribution in [0.4, 0.5) is 5.13 Å². The van der Waals surface area contributed by atoms with Crippen molar-refractivity contribution in [1.29, 1.82) is 0 Å². The number of nitrogens with zero attached hydrogens (tertiary/aromatic N) is 2. The Balaban J connectivity index is 2.10. The summed E-state index contributed by atoms with van der Waals surface area (Å²) in [5.74, 6) is 0. The van der Waals surface area contributed by atoms with Crippen molar-refractivity contribution in [3.05, 3.63) is 21.4 Å². The van der Waals surface area contributed by atoms with Crippen LogP contribution >= 0.6 is 22.7 Å². The van der Waals surface area contributed by atoms with Crippen LogP contribution in [0, 0.1) is 13.8 Å². The maximum Gasteiger partial charge on any atom is 0.270 e. The monoisotopic (exact) mass is 304 g/mol. The van der Waals surface area contributed by atoms with Crippen molar-refractivity contribution in [2.75, 3.05) is 5.73 Å².